The van der Waals surface area contributed by atoms with Crippen LogP contribution in [0.5, 0.6) is 0 Å². The maximum Gasteiger partial charge on any atom is 0.0959 e. The van der Waals surface area contributed by atoms with Crippen molar-refractivity contribution in [1.29, 1.82) is 0 Å². The summed E-state index contributed by atoms with van der Waals surface area (Å²) >= 11 is 19.5. The topological polar surface area (TPSA) is 17.8 Å². The molecule has 0 aliphatic carbocycles. The summed E-state index contributed by atoms with van der Waals surface area (Å²) in [6.07, 6.45) is 0. The van der Waals surface area contributed by atoms with Crippen LogP contribution in [0, 0.1) is 6.92 Å². The van der Waals surface area contributed by atoms with Crippen LogP contribution in [0.15, 0.2) is 75.7 Å². The van der Waals surface area contributed by atoms with E-state index >= 15 is 0 Å². The molecule has 0 unspecified atom stereocenters. The Labute approximate surface area is 196 Å². The first-order chi connectivity index (χ1) is 13.9. The van der Waals surface area contributed by atoms with Crippen molar-refractivity contribution in [3.05, 3.63) is 96.8 Å². The largest absolute Gasteiger partial charge is 0.259 e. The number of nitrogens with zero attached hydrogens (tertiary/aromatic N) is 2. The van der Waals surface area contributed by atoms with E-state index in [1.165, 1.54) is 0 Å². The molecule has 0 bridgehead atoms. The molecule has 0 amide bonds. The highest BCUT2D eigenvalue weighted by Crippen LogP contribution is 2.34. The Morgan fingerprint density at radius 1 is 0.828 bits per heavy atom. The second kappa shape index (κ2) is 8.65. The van der Waals surface area contributed by atoms with Crippen LogP contribution in [0.2, 0.25) is 10.0 Å². The minimum Gasteiger partial charge on any atom is -0.259 e. The number of benzene rings is 3. The zero-order chi connectivity index (χ0) is 20.5. The summed E-state index contributed by atoms with van der Waals surface area (Å²) in [5, 5.41) is 6.23. The molecule has 0 spiro atoms. The van der Waals surface area contributed by atoms with Gasteiger partial charge in [0.1, 0.15) is 0 Å². The Bertz CT molecular complexity index is 1170. The Morgan fingerprint density at radius 3 is 2.00 bits per heavy atom. The van der Waals surface area contributed by atoms with Crippen LogP contribution in [0.3, 0.4) is 0 Å². The van der Waals surface area contributed by atoms with Crippen LogP contribution in [0.25, 0.3) is 22.5 Å². The molecule has 29 heavy (non-hydrogen) atoms. The number of rotatable bonds is 4. The SMILES string of the molecule is Cc1c(-c2ccc(Br)cc2)nn(Cc2ccc(Cl)cc2Cl)c1-c1ccc(Br)cc1. The third-order valence-corrected chi connectivity index (χ3v) is 6.40. The van der Waals surface area contributed by atoms with Gasteiger partial charge in [0.05, 0.1) is 17.9 Å². The van der Waals surface area contributed by atoms with E-state index in [-0.39, 0.29) is 0 Å². The molecular weight excluding hydrogens is 535 g/mol. The molecule has 0 N–H and O–H groups in total. The van der Waals surface area contributed by atoms with Gasteiger partial charge in [-0.15, -0.1) is 0 Å². The molecule has 6 heteroatoms. The average molecular weight is 551 g/mol. The minimum atomic E-state index is 0.554. The second-order valence-corrected chi connectivity index (χ2v) is 9.40. The van der Waals surface area contributed by atoms with E-state index in [4.69, 9.17) is 28.3 Å². The van der Waals surface area contributed by atoms with Crippen molar-refractivity contribution in [2.75, 3.05) is 0 Å². The molecule has 4 aromatic rings. The van der Waals surface area contributed by atoms with Gasteiger partial charge < -0.3 is 0 Å². The lowest BCUT2D eigenvalue weighted by atomic mass is 10.0. The zero-order valence-corrected chi connectivity index (χ0v) is 20.1. The van der Waals surface area contributed by atoms with Crippen LogP contribution in [-0.4, -0.2) is 9.78 Å². The molecule has 3 aromatic carbocycles. The molecule has 0 aliphatic rings. The first-order valence-electron chi connectivity index (χ1n) is 8.95. The second-order valence-electron chi connectivity index (χ2n) is 6.73. The maximum absolute atomic E-state index is 6.44. The van der Waals surface area contributed by atoms with Gasteiger partial charge in [0.15, 0.2) is 0 Å². The van der Waals surface area contributed by atoms with Gasteiger partial charge in [-0.1, -0.05) is 85.4 Å². The van der Waals surface area contributed by atoms with Gasteiger partial charge >= 0.3 is 0 Å². The van der Waals surface area contributed by atoms with Crippen molar-refractivity contribution in [2.45, 2.75) is 13.5 Å². The summed E-state index contributed by atoms with van der Waals surface area (Å²) in [6.45, 7) is 2.67. The molecule has 0 saturated carbocycles. The van der Waals surface area contributed by atoms with Crippen LogP contribution in [0.4, 0.5) is 0 Å². The third-order valence-electron chi connectivity index (χ3n) is 4.76. The average Bonchev–Trinajstić information content (AvgIpc) is 3.01. The summed E-state index contributed by atoms with van der Waals surface area (Å²) in [5.74, 6) is 0. The van der Waals surface area contributed by atoms with Crippen molar-refractivity contribution >= 4 is 55.1 Å². The minimum absolute atomic E-state index is 0.554. The molecule has 0 saturated heterocycles. The lowest BCUT2D eigenvalue weighted by molar-refractivity contribution is 0.697. The summed E-state index contributed by atoms with van der Waals surface area (Å²) in [6, 6.07) is 22.1. The lowest BCUT2D eigenvalue weighted by Crippen LogP contribution is -2.05. The standard InChI is InChI=1S/C23H16Br2Cl2N2/c1-14-22(15-2-7-18(24)8-3-15)28-29(13-17-6-11-20(26)12-21(17)27)23(14)16-4-9-19(25)10-5-16/h2-12H,13H2,1H3. The maximum atomic E-state index is 6.44. The Kier molecular flexibility index (Phi) is 6.16. The Morgan fingerprint density at radius 2 is 1.41 bits per heavy atom. The molecule has 4 rings (SSSR count). The van der Waals surface area contributed by atoms with Crippen LogP contribution >= 0.6 is 55.1 Å². The Balaban J connectivity index is 1.86. The highest BCUT2D eigenvalue weighted by molar-refractivity contribution is 9.10. The van der Waals surface area contributed by atoms with Gasteiger partial charge in [0, 0.05) is 35.7 Å². The van der Waals surface area contributed by atoms with Crippen LogP contribution in [-0.2, 0) is 6.54 Å². The monoisotopic (exact) mass is 548 g/mol. The van der Waals surface area contributed by atoms with Gasteiger partial charge in [-0.05, 0) is 48.9 Å². The summed E-state index contributed by atoms with van der Waals surface area (Å²) < 4.78 is 4.10. The number of hydrogen-bond acceptors (Lipinski definition) is 1. The highest BCUT2D eigenvalue weighted by Gasteiger charge is 2.18. The molecule has 2 nitrogen and oxygen atoms in total. The predicted molar refractivity (Wildman–Crippen MR) is 129 cm³/mol. The van der Waals surface area contributed by atoms with Gasteiger partial charge in [-0.2, -0.15) is 5.10 Å². The first-order valence-corrected chi connectivity index (χ1v) is 11.3. The van der Waals surface area contributed by atoms with Gasteiger partial charge in [0.25, 0.3) is 0 Å². The highest BCUT2D eigenvalue weighted by atomic mass is 79.9. The molecule has 1 aromatic heterocycles. The predicted octanol–water partition coefficient (Wildman–Crippen LogP) is 8.41. The van der Waals surface area contributed by atoms with Crippen molar-refractivity contribution in [2.24, 2.45) is 0 Å². The van der Waals surface area contributed by atoms with E-state index < -0.39 is 0 Å². The fourth-order valence-electron chi connectivity index (χ4n) is 3.33. The van der Waals surface area contributed by atoms with E-state index in [0.29, 0.717) is 16.6 Å². The van der Waals surface area contributed by atoms with Crippen molar-refractivity contribution in [3.63, 3.8) is 0 Å². The fourth-order valence-corrected chi connectivity index (χ4v) is 4.33. The molecular formula is C23H16Br2Cl2N2. The summed E-state index contributed by atoms with van der Waals surface area (Å²) in [5.41, 5.74) is 6.30. The summed E-state index contributed by atoms with van der Waals surface area (Å²) in [7, 11) is 0. The van der Waals surface area contributed by atoms with E-state index in [1.807, 2.05) is 41.1 Å². The number of hydrogen-bond donors (Lipinski definition) is 0. The molecule has 0 radical (unpaired) electrons. The third kappa shape index (κ3) is 4.46. The van der Waals surface area contributed by atoms with Crippen molar-refractivity contribution in [3.8, 4) is 22.5 Å². The van der Waals surface area contributed by atoms with Crippen molar-refractivity contribution in [1.82, 2.24) is 9.78 Å². The van der Waals surface area contributed by atoms with Gasteiger partial charge in [-0.25, -0.2) is 0 Å². The molecule has 0 atom stereocenters. The van der Waals surface area contributed by atoms with E-state index in [2.05, 4.69) is 63.0 Å². The normalized spacial score (nSPS) is 11.1. The van der Waals surface area contributed by atoms with E-state index in [1.54, 1.807) is 6.07 Å². The summed E-state index contributed by atoms with van der Waals surface area (Å²) in [4.78, 5) is 0. The van der Waals surface area contributed by atoms with E-state index in [0.717, 1.165) is 42.6 Å². The van der Waals surface area contributed by atoms with Crippen LogP contribution in [0.1, 0.15) is 11.1 Å². The van der Waals surface area contributed by atoms with E-state index in [9.17, 15) is 0 Å². The number of halogens is 4. The Hall–Kier alpha value is -1.59. The van der Waals surface area contributed by atoms with Crippen LogP contribution < -0.4 is 0 Å². The quantitative estimate of drug-likeness (QED) is 0.249. The van der Waals surface area contributed by atoms with Gasteiger partial charge in [-0.3, -0.25) is 4.68 Å². The molecule has 146 valence electrons. The molecule has 0 fully saturated rings. The number of aromatic nitrogens is 2. The fraction of sp³-hybridized carbons (Fsp3) is 0.0870. The van der Waals surface area contributed by atoms with Gasteiger partial charge in [0.2, 0.25) is 0 Å². The molecule has 1 heterocycles. The lowest BCUT2D eigenvalue weighted by Gasteiger charge is -2.10. The van der Waals surface area contributed by atoms with Crippen molar-refractivity contribution < 1.29 is 0 Å². The smallest absolute Gasteiger partial charge is 0.0959 e. The first kappa shape index (κ1) is 20.7. The molecule has 0 aliphatic heterocycles. The zero-order valence-electron chi connectivity index (χ0n) is 15.5.